The molecule has 4 N–H and O–H groups in total. The molecule has 0 aromatic carbocycles. The zero-order valence-corrected chi connectivity index (χ0v) is 21.6. The molecule has 2 rings (SSSR count). The highest BCUT2D eigenvalue weighted by molar-refractivity contribution is 5.69. The fourth-order valence-electron chi connectivity index (χ4n) is 4.04. The third-order valence-corrected chi connectivity index (χ3v) is 6.23. The predicted octanol–water partition coefficient (Wildman–Crippen LogP) is 3.34. The van der Waals surface area contributed by atoms with Gasteiger partial charge in [-0.2, -0.15) is 14.8 Å². The summed E-state index contributed by atoms with van der Waals surface area (Å²) in [5.41, 5.74) is 4.68. The van der Waals surface area contributed by atoms with E-state index in [2.05, 4.69) is 24.1 Å². The number of carbonyl (C=O) groups is 1. The van der Waals surface area contributed by atoms with Crippen LogP contribution >= 0.6 is 0 Å². The second-order valence-electron chi connectivity index (χ2n) is 9.35. The molecule has 0 saturated carbocycles. The van der Waals surface area contributed by atoms with Crippen molar-refractivity contribution in [3.05, 3.63) is 34.9 Å². The number of esters is 1. The van der Waals surface area contributed by atoms with Gasteiger partial charge in [0.2, 0.25) is 0 Å². The quantitative estimate of drug-likeness (QED) is 0.155. The van der Waals surface area contributed by atoms with Crippen LogP contribution in [0.4, 0.5) is 5.82 Å². The molecule has 1 fully saturated rings. The number of anilines is 1. The number of nitrogens with two attached hydrogens (primary N) is 1. The zero-order valence-electron chi connectivity index (χ0n) is 21.6. The highest BCUT2D eigenvalue weighted by Gasteiger charge is 2.43. The average Bonchev–Trinajstić information content (AvgIpc) is 3.13. The van der Waals surface area contributed by atoms with Crippen LogP contribution in [0, 0.1) is 0 Å². The van der Waals surface area contributed by atoms with Gasteiger partial charge in [0.1, 0.15) is 18.5 Å². The van der Waals surface area contributed by atoms with Crippen molar-refractivity contribution in [2.24, 2.45) is 0 Å². The molecule has 0 radical (unpaired) electrons. The van der Waals surface area contributed by atoms with Gasteiger partial charge in [-0.25, -0.2) is 9.63 Å². The average molecular weight is 509 g/mol. The highest BCUT2D eigenvalue weighted by atomic mass is 16.8. The molecule has 204 valence electrons. The van der Waals surface area contributed by atoms with Crippen molar-refractivity contribution >= 4 is 11.8 Å². The molecule has 10 heteroatoms. The first-order valence-electron chi connectivity index (χ1n) is 13.4. The Labute approximate surface area is 214 Å². The van der Waals surface area contributed by atoms with Crippen molar-refractivity contribution in [1.82, 2.24) is 9.66 Å². The molecule has 0 spiro atoms. The molecule has 1 aliphatic rings. The zero-order chi connectivity index (χ0) is 26.2. The first-order valence-corrected chi connectivity index (χ1v) is 13.4. The minimum absolute atomic E-state index is 0.0188. The Balaban J connectivity index is 1.51. The van der Waals surface area contributed by atoms with E-state index in [4.69, 9.17) is 15.3 Å². The topological polar surface area (TPSA) is 140 Å². The summed E-state index contributed by atoms with van der Waals surface area (Å²) in [7, 11) is 0. The normalized spacial score (nSPS) is 19.9. The number of ether oxygens (including phenoxy) is 1. The number of hydrogen-bond donors (Lipinski definition) is 3. The smallest absolute Gasteiger partial charge is 0.370 e. The van der Waals surface area contributed by atoms with E-state index in [1.165, 1.54) is 70.1 Å². The van der Waals surface area contributed by atoms with Crippen molar-refractivity contribution in [2.75, 3.05) is 17.5 Å². The minimum atomic E-state index is -1.53. The molecule has 0 aliphatic carbocycles. The van der Waals surface area contributed by atoms with Gasteiger partial charge in [0.15, 0.2) is 12.3 Å². The molecule has 0 unspecified atom stereocenters. The standard InChI is InChI=1S/C26H44N4O6/c1-2-3-4-5-6-7-8-9-10-11-12-13-14-15-16-17-23(31)35-20-21-24(32)25(33)30(36-21)29-19-18-22(27)28-26(29)34/h12-13,18-19,21,24-25,32-33H,2-11,14-17,20H2,1H3,(H2,27,28,34)/b13-12-/t21-,24-,25-/m1/s1. The Hall–Kier alpha value is -2.43. The van der Waals surface area contributed by atoms with E-state index >= 15 is 0 Å². The summed E-state index contributed by atoms with van der Waals surface area (Å²) < 4.78 is 6.08. The largest absolute Gasteiger partial charge is 0.463 e. The maximum atomic E-state index is 12.0. The number of nitrogens with zero attached hydrogens (tertiary/aromatic N) is 3. The predicted molar refractivity (Wildman–Crippen MR) is 138 cm³/mol. The molecule has 3 atom stereocenters. The Kier molecular flexibility index (Phi) is 14.2. The third kappa shape index (κ3) is 10.7. The van der Waals surface area contributed by atoms with E-state index in [0.717, 1.165) is 29.1 Å². The van der Waals surface area contributed by atoms with E-state index in [-0.39, 0.29) is 18.8 Å². The van der Waals surface area contributed by atoms with E-state index in [1.807, 2.05) is 0 Å². The third-order valence-electron chi connectivity index (χ3n) is 6.23. The fourth-order valence-corrected chi connectivity index (χ4v) is 4.04. The lowest BCUT2D eigenvalue weighted by Gasteiger charge is -2.21. The van der Waals surface area contributed by atoms with Gasteiger partial charge in [-0.1, -0.05) is 70.4 Å². The molecule has 10 nitrogen and oxygen atoms in total. The number of aromatic nitrogens is 2. The number of carbonyl (C=O) groups excluding carboxylic acids is 1. The van der Waals surface area contributed by atoms with Crippen LogP contribution in [-0.4, -0.2) is 50.9 Å². The van der Waals surface area contributed by atoms with Gasteiger partial charge in [-0.15, -0.1) is 0 Å². The first kappa shape index (κ1) is 29.8. The number of hydroxylamine groups is 1. The van der Waals surface area contributed by atoms with Crippen LogP contribution < -0.4 is 16.6 Å². The van der Waals surface area contributed by atoms with E-state index < -0.39 is 30.1 Å². The monoisotopic (exact) mass is 508 g/mol. The Morgan fingerprint density at radius 3 is 2.31 bits per heavy atom. The van der Waals surface area contributed by atoms with Gasteiger partial charge in [-0.3, -0.25) is 4.79 Å². The SMILES string of the molecule is CCCCCCCCCCC/C=C\CCCCC(=O)OC[C@H]1ON(n2ccc(N)nc2=O)[C@H](O)[C@@H]1O. The molecule has 0 amide bonds. The van der Waals surface area contributed by atoms with Crippen LogP contribution in [0.5, 0.6) is 0 Å². The van der Waals surface area contributed by atoms with Gasteiger partial charge >= 0.3 is 11.7 Å². The van der Waals surface area contributed by atoms with Crippen LogP contribution in [0.3, 0.4) is 0 Å². The lowest BCUT2D eigenvalue weighted by molar-refractivity contribution is -0.149. The maximum absolute atomic E-state index is 12.0. The lowest BCUT2D eigenvalue weighted by atomic mass is 10.1. The summed E-state index contributed by atoms with van der Waals surface area (Å²) in [4.78, 5) is 32.9. The first-order chi connectivity index (χ1) is 17.4. The Morgan fingerprint density at radius 1 is 1.06 bits per heavy atom. The molecular formula is C26H44N4O6. The van der Waals surface area contributed by atoms with Crippen LogP contribution in [0.25, 0.3) is 0 Å². The molecular weight excluding hydrogens is 464 g/mol. The summed E-state index contributed by atoms with van der Waals surface area (Å²) in [5, 5.41) is 21.2. The van der Waals surface area contributed by atoms with Crippen molar-refractivity contribution < 1.29 is 24.6 Å². The van der Waals surface area contributed by atoms with E-state index in [9.17, 15) is 19.8 Å². The van der Waals surface area contributed by atoms with Crippen molar-refractivity contribution in [3.8, 4) is 0 Å². The number of aliphatic hydroxyl groups excluding tert-OH is 2. The highest BCUT2D eigenvalue weighted by Crippen LogP contribution is 2.19. The number of rotatable bonds is 18. The number of nitrogen functional groups attached to an aromatic ring is 1. The Morgan fingerprint density at radius 2 is 1.67 bits per heavy atom. The number of aliphatic hydroxyl groups is 2. The van der Waals surface area contributed by atoms with Crippen molar-refractivity contribution in [1.29, 1.82) is 0 Å². The van der Waals surface area contributed by atoms with Crippen molar-refractivity contribution in [2.45, 2.75) is 115 Å². The van der Waals surface area contributed by atoms with Crippen LogP contribution in [-0.2, 0) is 14.4 Å². The second kappa shape index (κ2) is 17.1. The van der Waals surface area contributed by atoms with Crippen molar-refractivity contribution in [3.63, 3.8) is 0 Å². The molecule has 1 aromatic heterocycles. The van der Waals surface area contributed by atoms with Gasteiger partial charge in [-0.05, 0) is 38.2 Å². The summed E-state index contributed by atoms with van der Waals surface area (Å²) in [6.45, 7) is 2.00. The minimum Gasteiger partial charge on any atom is -0.463 e. The summed E-state index contributed by atoms with van der Waals surface area (Å²) in [5.74, 6) is -0.381. The van der Waals surface area contributed by atoms with Gasteiger partial charge in [0.25, 0.3) is 0 Å². The molecule has 0 bridgehead atoms. The van der Waals surface area contributed by atoms with Gasteiger partial charge in [0.05, 0.1) is 0 Å². The number of unbranched alkanes of at least 4 members (excludes halogenated alkanes) is 11. The molecule has 1 saturated heterocycles. The van der Waals surface area contributed by atoms with Crippen LogP contribution in [0.15, 0.2) is 29.2 Å². The maximum Gasteiger partial charge on any atom is 0.370 e. The summed E-state index contributed by atoms with van der Waals surface area (Å²) in [6.07, 6.45) is 17.7. The number of allylic oxidation sites excluding steroid dienone is 2. The molecule has 36 heavy (non-hydrogen) atoms. The molecule has 1 aromatic rings. The Bertz CT molecular complexity index is 846. The summed E-state index contributed by atoms with van der Waals surface area (Å²) in [6, 6.07) is 1.35. The van der Waals surface area contributed by atoms with Gasteiger partial charge in [0, 0.05) is 12.6 Å². The van der Waals surface area contributed by atoms with E-state index in [0.29, 0.717) is 6.42 Å². The lowest BCUT2D eigenvalue weighted by Crippen LogP contribution is -2.47. The van der Waals surface area contributed by atoms with E-state index in [1.54, 1.807) is 0 Å². The van der Waals surface area contributed by atoms with Crippen LogP contribution in [0.2, 0.25) is 0 Å². The molecule has 2 heterocycles. The fraction of sp³-hybridized carbons (Fsp3) is 0.731. The van der Waals surface area contributed by atoms with Crippen LogP contribution in [0.1, 0.15) is 96.8 Å². The van der Waals surface area contributed by atoms with Gasteiger partial charge < -0.3 is 20.7 Å². The number of hydrogen-bond acceptors (Lipinski definition) is 9. The second-order valence-corrected chi connectivity index (χ2v) is 9.35. The molecule has 1 aliphatic heterocycles. The summed E-state index contributed by atoms with van der Waals surface area (Å²) >= 11 is 0.